The minimum absolute atomic E-state index is 0.227. The first kappa shape index (κ1) is 14.9. The number of carbonyl (C=O) groups excluding carboxylic acids is 1. The van der Waals surface area contributed by atoms with E-state index in [1.165, 1.54) is 0 Å². The number of nitrogens with two attached hydrogens (primary N) is 1. The highest BCUT2D eigenvalue weighted by atomic mass is 79.9. The summed E-state index contributed by atoms with van der Waals surface area (Å²) in [5.74, 6) is -0.227. The summed E-state index contributed by atoms with van der Waals surface area (Å²) in [6.07, 6.45) is 2.69. The van der Waals surface area contributed by atoms with Crippen molar-refractivity contribution in [2.75, 3.05) is 11.1 Å². The number of amides is 1. The van der Waals surface area contributed by atoms with E-state index < -0.39 is 0 Å². The van der Waals surface area contributed by atoms with Crippen molar-refractivity contribution in [3.8, 4) is 0 Å². The molecule has 0 atom stereocenters. The van der Waals surface area contributed by atoms with Gasteiger partial charge in [0.1, 0.15) is 5.69 Å². The summed E-state index contributed by atoms with van der Waals surface area (Å²) in [6, 6.07) is 6.96. The van der Waals surface area contributed by atoms with Gasteiger partial charge in [-0.05, 0) is 30.7 Å². The normalized spacial score (nSPS) is 10.6. The third-order valence-electron chi connectivity index (χ3n) is 2.79. The highest BCUT2D eigenvalue weighted by Crippen LogP contribution is 2.26. The van der Waals surface area contributed by atoms with E-state index in [1.807, 2.05) is 17.6 Å². The maximum Gasteiger partial charge on any atom is 0.272 e. The lowest BCUT2D eigenvalue weighted by atomic mass is 10.3. The highest BCUT2D eigenvalue weighted by Gasteiger charge is 2.14. The van der Waals surface area contributed by atoms with Crippen molar-refractivity contribution in [2.45, 2.75) is 19.9 Å². The van der Waals surface area contributed by atoms with Crippen molar-refractivity contribution in [3.63, 3.8) is 0 Å². The van der Waals surface area contributed by atoms with Crippen LogP contribution in [0.2, 0.25) is 5.02 Å². The van der Waals surface area contributed by atoms with Crippen LogP contribution in [0.4, 0.5) is 11.4 Å². The number of aryl methyl sites for hydroxylation is 1. The van der Waals surface area contributed by atoms with Crippen molar-refractivity contribution in [1.82, 2.24) is 4.57 Å². The fraction of sp³-hybridized carbons (Fsp3) is 0.214. The molecule has 2 rings (SSSR count). The zero-order valence-corrected chi connectivity index (χ0v) is 13.3. The van der Waals surface area contributed by atoms with Crippen molar-refractivity contribution in [3.05, 3.63) is 45.7 Å². The van der Waals surface area contributed by atoms with E-state index in [1.54, 1.807) is 24.4 Å². The largest absolute Gasteiger partial charge is 0.397 e. The molecule has 0 aliphatic carbocycles. The molecule has 0 saturated carbocycles. The van der Waals surface area contributed by atoms with E-state index in [9.17, 15) is 4.79 Å². The van der Waals surface area contributed by atoms with Crippen LogP contribution in [-0.4, -0.2) is 10.5 Å². The number of nitrogens with one attached hydrogen (secondary N) is 1. The number of halogens is 2. The van der Waals surface area contributed by atoms with Gasteiger partial charge >= 0.3 is 0 Å². The van der Waals surface area contributed by atoms with Crippen LogP contribution in [0.5, 0.6) is 0 Å². The zero-order chi connectivity index (χ0) is 14.7. The van der Waals surface area contributed by atoms with Crippen LogP contribution in [0.25, 0.3) is 0 Å². The van der Waals surface area contributed by atoms with Crippen molar-refractivity contribution in [2.24, 2.45) is 0 Å². The van der Waals surface area contributed by atoms with E-state index >= 15 is 0 Å². The Balaban J connectivity index is 2.26. The Hall–Kier alpha value is -1.46. The Morgan fingerprint density at radius 1 is 1.45 bits per heavy atom. The Morgan fingerprint density at radius 3 is 2.90 bits per heavy atom. The van der Waals surface area contributed by atoms with E-state index in [0.717, 1.165) is 17.4 Å². The summed E-state index contributed by atoms with van der Waals surface area (Å²) < 4.78 is 2.69. The van der Waals surface area contributed by atoms with Gasteiger partial charge in [-0.15, -0.1) is 0 Å². The molecular weight excluding hydrogens is 342 g/mol. The van der Waals surface area contributed by atoms with Gasteiger partial charge in [0.2, 0.25) is 0 Å². The molecule has 2 aromatic rings. The second kappa shape index (κ2) is 6.33. The van der Waals surface area contributed by atoms with Crippen molar-refractivity contribution >= 4 is 44.8 Å². The number of benzene rings is 1. The molecule has 0 saturated heterocycles. The molecule has 1 heterocycles. The molecule has 1 aromatic heterocycles. The SMILES string of the molecule is CCCn1cc(N)cc1C(=O)Nc1cc(Br)ccc1Cl. The molecule has 0 aliphatic heterocycles. The molecule has 4 nitrogen and oxygen atoms in total. The van der Waals surface area contributed by atoms with Gasteiger partial charge in [-0.25, -0.2) is 0 Å². The quantitative estimate of drug-likeness (QED) is 0.864. The van der Waals surface area contributed by atoms with E-state index in [-0.39, 0.29) is 5.91 Å². The fourth-order valence-electron chi connectivity index (χ4n) is 1.93. The Kier molecular flexibility index (Phi) is 4.73. The van der Waals surface area contributed by atoms with E-state index in [0.29, 0.717) is 22.1 Å². The number of hydrogen-bond donors (Lipinski definition) is 2. The minimum atomic E-state index is -0.227. The number of hydrogen-bond acceptors (Lipinski definition) is 2. The van der Waals surface area contributed by atoms with Gasteiger partial charge in [-0.2, -0.15) is 0 Å². The standard InChI is InChI=1S/C14H15BrClN3O/c1-2-5-19-8-10(17)7-13(19)14(20)18-12-6-9(15)3-4-11(12)16/h3-4,6-8H,2,5,17H2,1H3,(H,18,20). The van der Waals surface area contributed by atoms with Crippen LogP contribution in [0, 0.1) is 0 Å². The molecule has 20 heavy (non-hydrogen) atoms. The van der Waals surface area contributed by atoms with Gasteiger partial charge in [0, 0.05) is 17.2 Å². The summed E-state index contributed by atoms with van der Waals surface area (Å²) in [6.45, 7) is 2.79. The molecule has 1 amide bonds. The Bertz CT molecular complexity index is 639. The van der Waals surface area contributed by atoms with Gasteiger partial charge in [0.25, 0.3) is 5.91 Å². The minimum Gasteiger partial charge on any atom is -0.397 e. The second-order valence-electron chi connectivity index (χ2n) is 4.43. The monoisotopic (exact) mass is 355 g/mol. The number of anilines is 2. The Labute approximate surface area is 131 Å². The number of nitrogen functional groups attached to an aromatic ring is 1. The van der Waals surface area contributed by atoms with Gasteiger partial charge in [0.15, 0.2) is 0 Å². The number of aromatic nitrogens is 1. The maximum atomic E-state index is 12.3. The van der Waals surface area contributed by atoms with Crippen LogP contribution < -0.4 is 11.1 Å². The van der Waals surface area contributed by atoms with E-state index in [4.69, 9.17) is 17.3 Å². The molecule has 6 heteroatoms. The summed E-state index contributed by atoms with van der Waals surface area (Å²) in [7, 11) is 0. The first-order chi connectivity index (χ1) is 9.51. The lowest BCUT2D eigenvalue weighted by molar-refractivity contribution is 0.101. The molecule has 0 bridgehead atoms. The molecule has 1 aromatic carbocycles. The molecule has 0 radical (unpaired) electrons. The summed E-state index contributed by atoms with van der Waals surface area (Å²) in [5, 5.41) is 3.29. The number of carbonyl (C=O) groups is 1. The predicted octanol–water partition coefficient (Wildman–Crippen LogP) is 4.15. The van der Waals surface area contributed by atoms with E-state index in [2.05, 4.69) is 21.2 Å². The molecule has 106 valence electrons. The van der Waals surface area contributed by atoms with Crippen LogP contribution in [0.1, 0.15) is 23.8 Å². The van der Waals surface area contributed by atoms with Crippen LogP contribution in [0.15, 0.2) is 34.9 Å². The Morgan fingerprint density at radius 2 is 2.20 bits per heavy atom. The zero-order valence-electron chi connectivity index (χ0n) is 11.0. The number of rotatable bonds is 4. The van der Waals surface area contributed by atoms with Gasteiger partial charge in [0.05, 0.1) is 16.4 Å². The van der Waals surface area contributed by atoms with Gasteiger partial charge < -0.3 is 15.6 Å². The smallest absolute Gasteiger partial charge is 0.272 e. The van der Waals surface area contributed by atoms with Gasteiger partial charge in [-0.1, -0.05) is 34.5 Å². The first-order valence-electron chi connectivity index (χ1n) is 6.23. The third-order valence-corrected chi connectivity index (χ3v) is 3.61. The van der Waals surface area contributed by atoms with Crippen molar-refractivity contribution < 1.29 is 4.79 Å². The van der Waals surface area contributed by atoms with Crippen molar-refractivity contribution in [1.29, 1.82) is 0 Å². The van der Waals surface area contributed by atoms with Crippen LogP contribution in [0.3, 0.4) is 0 Å². The lowest BCUT2D eigenvalue weighted by Crippen LogP contribution is -2.17. The van der Waals surface area contributed by atoms with Gasteiger partial charge in [-0.3, -0.25) is 4.79 Å². The summed E-state index contributed by atoms with van der Waals surface area (Å²) >= 11 is 9.42. The average Bonchev–Trinajstić information content (AvgIpc) is 2.75. The average molecular weight is 357 g/mol. The molecule has 0 unspecified atom stereocenters. The van der Waals surface area contributed by atoms with Crippen LogP contribution >= 0.6 is 27.5 Å². The molecule has 0 spiro atoms. The fourth-order valence-corrected chi connectivity index (χ4v) is 2.45. The topological polar surface area (TPSA) is 60.0 Å². The second-order valence-corrected chi connectivity index (χ2v) is 5.75. The summed E-state index contributed by atoms with van der Waals surface area (Å²) in [5.41, 5.74) is 7.43. The lowest BCUT2D eigenvalue weighted by Gasteiger charge is -2.10. The molecule has 0 aliphatic rings. The van der Waals surface area contributed by atoms with Crippen LogP contribution in [-0.2, 0) is 6.54 Å². The first-order valence-corrected chi connectivity index (χ1v) is 7.40. The predicted molar refractivity (Wildman–Crippen MR) is 86.2 cm³/mol. The maximum absolute atomic E-state index is 12.3. The molecule has 3 N–H and O–H groups in total. The number of nitrogens with zero attached hydrogens (tertiary/aromatic N) is 1. The molecular formula is C14H15BrClN3O. The molecule has 0 fully saturated rings. The highest BCUT2D eigenvalue weighted by molar-refractivity contribution is 9.10. The summed E-state index contributed by atoms with van der Waals surface area (Å²) in [4.78, 5) is 12.3. The third kappa shape index (κ3) is 3.35.